The number of thioether (sulfide) groups is 2. The molecule has 0 aromatic carbocycles. The fourth-order valence-electron chi connectivity index (χ4n) is 7.50. The lowest BCUT2D eigenvalue weighted by Gasteiger charge is -2.04. The molecule has 2 heterocycles. The van der Waals surface area contributed by atoms with Gasteiger partial charge in [-0.25, -0.2) is 9.13 Å². The van der Waals surface area contributed by atoms with Crippen molar-refractivity contribution in [1.29, 1.82) is 0 Å². The van der Waals surface area contributed by atoms with Crippen LogP contribution in [0.5, 0.6) is 0 Å². The van der Waals surface area contributed by atoms with Gasteiger partial charge in [-0.2, -0.15) is 0 Å². The van der Waals surface area contributed by atoms with Crippen LogP contribution >= 0.6 is 23.5 Å². The molecule has 0 aliphatic heterocycles. The van der Waals surface area contributed by atoms with E-state index in [2.05, 4.69) is 72.0 Å². The van der Waals surface area contributed by atoms with Gasteiger partial charge in [0.1, 0.15) is 13.1 Å². The number of nitrogens with zero attached hydrogens (tertiary/aromatic N) is 2. The SMILES string of the molecule is CCCCCCCCCCCCCCCCCC[n+]1ccc(SCCCSc2cc[n+](CCCCCCCCCCCCCCCCCC)cc2)cc1. The molecule has 0 saturated carbocycles. The van der Waals surface area contributed by atoms with Crippen molar-refractivity contribution >= 4 is 23.5 Å². The van der Waals surface area contributed by atoms with Crippen molar-refractivity contribution in [2.75, 3.05) is 11.5 Å². The standard InChI is InChI=1S/C49H88N2S2/c1-3-5-7-9-11-13-15-17-19-21-23-25-27-29-31-33-40-50-42-36-48(37-43-50)52-46-35-47-53-49-38-44-51(45-39-49)41-34-32-30-28-26-24-22-20-18-16-14-12-10-8-6-4-2/h36-39,42-45H,3-35,40-41,46-47H2,1-2H3/q+2. The first-order valence-electron chi connectivity index (χ1n) is 23.6. The average Bonchev–Trinajstić information content (AvgIpc) is 3.18. The van der Waals surface area contributed by atoms with Gasteiger partial charge in [-0.05, 0) is 30.8 Å². The Labute approximate surface area is 340 Å². The Morgan fingerprint density at radius 1 is 0.302 bits per heavy atom. The lowest BCUT2D eigenvalue weighted by atomic mass is 10.0. The molecule has 2 aromatic heterocycles. The van der Waals surface area contributed by atoms with E-state index in [9.17, 15) is 0 Å². The maximum absolute atomic E-state index is 2.38. The van der Waals surface area contributed by atoms with Crippen LogP contribution in [-0.4, -0.2) is 11.5 Å². The molecule has 0 aliphatic carbocycles. The van der Waals surface area contributed by atoms with E-state index in [4.69, 9.17) is 0 Å². The molecule has 2 rings (SSSR count). The largest absolute Gasteiger partial charge is 0.205 e. The second-order valence-corrected chi connectivity index (χ2v) is 18.5. The van der Waals surface area contributed by atoms with Crippen LogP contribution in [0, 0.1) is 0 Å². The van der Waals surface area contributed by atoms with E-state index in [1.54, 1.807) is 0 Å². The van der Waals surface area contributed by atoms with E-state index >= 15 is 0 Å². The predicted molar refractivity (Wildman–Crippen MR) is 238 cm³/mol. The van der Waals surface area contributed by atoms with Crippen molar-refractivity contribution in [3.63, 3.8) is 0 Å². The molecule has 0 amide bonds. The summed E-state index contributed by atoms with van der Waals surface area (Å²) in [6, 6.07) is 9.28. The first kappa shape index (κ1) is 48.1. The normalized spacial score (nSPS) is 11.5. The van der Waals surface area contributed by atoms with Crippen LogP contribution in [0.2, 0.25) is 0 Å². The summed E-state index contributed by atoms with van der Waals surface area (Å²) >= 11 is 4.02. The summed E-state index contributed by atoms with van der Waals surface area (Å²) < 4.78 is 4.76. The lowest BCUT2D eigenvalue weighted by molar-refractivity contribution is -0.697. The molecule has 0 fully saturated rings. The molecule has 304 valence electrons. The molecule has 2 nitrogen and oxygen atoms in total. The van der Waals surface area contributed by atoms with E-state index in [1.807, 2.05) is 23.5 Å². The molecule has 2 aromatic rings. The van der Waals surface area contributed by atoms with Crippen molar-refractivity contribution in [3.05, 3.63) is 49.1 Å². The van der Waals surface area contributed by atoms with Crippen LogP contribution in [0.4, 0.5) is 0 Å². The zero-order valence-electron chi connectivity index (χ0n) is 35.5. The van der Waals surface area contributed by atoms with E-state index in [0.29, 0.717) is 0 Å². The maximum atomic E-state index is 2.38. The predicted octanol–water partition coefficient (Wildman–Crippen LogP) is 16.1. The third-order valence-corrected chi connectivity index (χ3v) is 13.3. The van der Waals surface area contributed by atoms with E-state index in [1.165, 1.54) is 233 Å². The van der Waals surface area contributed by atoms with Crippen molar-refractivity contribution in [3.8, 4) is 0 Å². The minimum atomic E-state index is 1.16. The first-order valence-corrected chi connectivity index (χ1v) is 25.5. The molecule has 0 aliphatic rings. The van der Waals surface area contributed by atoms with Crippen LogP contribution in [0.15, 0.2) is 58.8 Å². The van der Waals surface area contributed by atoms with Crippen LogP contribution < -0.4 is 9.13 Å². The third kappa shape index (κ3) is 30.9. The van der Waals surface area contributed by atoms with Gasteiger partial charge >= 0.3 is 0 Å². The number of rotatable bonds is 40. The van der Waals surface area contributed by atoms with Crippen molar-refractivity contribution < 1.29 is 9.13 Å². The van der Waals surface area contributed by atoms with Crippen LogP contribution in [0.1, 0.15) is 226 Å². The number of unbranched alkanes of at least 4 members (excludes halogenated alkanes) is 30. The summed E-state index contributed by atoms with van der Waals surface area (Å²) in [5.41, 5.74) is 0. The summed E-state index contributed by atoms with van der Waals surface area (Å²) in [5.74, 6) is 2.39. The smallest absolute Gasteiger partial charge is 0.169 e. The molecule has 0 atom stereocenters. The highest BCUT2D eigenvalue weighted by molar-refractivity contribution is 8.00. The van der Waals surface area contributed by atoms with Gasteiger partial charge in [0.2, 0.25) is 0 Å². The number of aromatic nitrogens is 2. The average molecular weight is 769 g/mol. The molecule has 0 N–H and O–H groups in total. The van der Waals surface area contributed by atoms with Gasteiger partial charge in [-0.15, -0.1) is 23.5 Å². The second-order valence-electron chi connectivity index (χ2n) is 16.2. The summed E-state index contributed by atoms with van der Waals surface area (Å²) in [4.78, 5) is 2.82. The van der Waals surface area contributed by atoms with Crippen molar-refractivity contribution in [2.45, 2.75) is 249 Å². The van der Waals surface area contributed by atoms with Gasteiger partial charge < -0.3 is 0 Å². The zero-order chi connectivity index (χ0) is 37.5. The first-order chi connectivity index (χ1) is 26.3. The molecular weight excluding hydrogens is 681 g/mol. The highest BCUT2D eigenvalue weighted by Crippen LogP contribution is 2.22. The third-order valence-electron chi connectivity index (χ3n) is 11.1. The molecule has 0 bridgehead atoms. The fourth-order valence-corrected chi connectivity index (χ4v) is 9.36. The number of pyridine rings is 2. The van der Waals surface area contributed by atoms with Gasteiger partial charge in [0.15, 0.2) is 24.8 Å². The van der Waals surface area contributed by atoms with E-state index in [-0.39, 0.29) is 0 Å². The summed E-state index contributed by atoms with van der Waals surface area (Å²) in [7, 11) is 0. The monoisotopic (exact) mass is 769 g/mol. The van der Waals surface area contributed by atoms with Crippen molar-refractivity contribution in [1.82, 2.24) is 0 Å². The van der Waals surface area contributed by atoms with Crippen LogP contribution in [-0.2, 0) is 13.1 Å². The second kappa shape index (κ2) is 37.9. The minimum absolute atomic E-state index is 1.16. The maximum Gasteiger partial charge on any atom is 0.169 e. The Balaban J connectivity index is 1.34. The molecule has 0 saturated heterocycles. The van der Waals surface area contributed by atoms with Gasteiger partial charge in [-0.1, -0.05) is 194 Å². The highest BCUT2D eigenvalue weighted by atomic mass is 32.2. The summed E-state index contributed by atoms with van der Waals surface area (Å²) in [6.45, 7) is 6.94. The zero-order valence-corrected chi connectivity index (χ0v) is 37.1. The number of hydrogen-bond acceptors (Lipinski definition) is 2. The number of aryl methyl sites for hydroxylation is 2. The van der Waals surface area contributed by atoms with Gasteiger partial charge in [0.05, 0.1) is 0 Å². The Morgan fingerprint density at radius 3 is 0.774 bits per heavy atom. The number of hydrogen-bond donors (Lipinski definition) is 0. The molecule has 4 heteroatoms. The molecular formula is C49H88N2S2+2. The summed E-state index contributed by atoms with van der Waals surface area (Å²) in [5, 5.41) is 0. The van der Waals surface area contributed by atoms with E-state index in [0.717, 1.165) is 13.1 Å². The molecule has 0 radical (unpaired) electrons. The van der Waals surface area contributed by atoms with E-state index < -0.39 is 0 Å². The lowest BCUT2D eigenvalue weighted by Crippen LogP contribution is -2.32. The summed E-state index contributed by atoms with van der Waals surface area (Å²) in [6.07, 6.45) is 56.3. The highest BCUT2D eigenvalue weighted by Gasteiger charge is 2.05. The van der Waals surface area contributed by atoms with Gasteiger partial charge in [0.25, 0.3) is 0 Å². The van der Waals surface area contributed by atoms with Crippen molar-refractivity contribution in [2.24, 2.45) is 0 Å². The fraction of sp³-hybridized carbons (Fsp3) is 0.796. The Morgan fingerprint density at radius 2 is 0.528 bits per heavy atom. The Kier molecular flexibility index (Phi) is 34.4. The molecule has 0 unspecified atom stereocenters. The quantitative estimate of drug-likeness (QED) is 0.0379. The Bertz CT molecular complexity index is 927. The van der Waals surface area contributed by atoms with Crippen LogP contribution in [0.3, 0.4) is 0 Å². The minimum Gasteiger partial charge on any atom is -0.205 e. The molecule has 53 heavy (non-hydrogen) atoms. The Hall–Kier alpha value is -1.00. The van der Waals surface area contributed by atoms with Gasteiger partial charge in [-0.3, -0.25) is 0 Å². The van der Waals surface area contributed by atoms with Gasteiger partial charge in [0, 0.05) is 46.9 Å². The van der Waals surface area contributed by atoms with Crippen LogP contribution in [0.25, 0.3) is 0 Å². The topological polar surface area (TPSA) is 7.76 Å². The molecule has 0 spiro atoms.